The first-order valence-electron chi connectivity index (χ1n) is 9.45. The number of halogens is 1. The minimum atomic E-state index is -0.199. The zero-order valence-corrected chi connectivity index (χ0v) is 17.3. The molecule has 1 fully saturated rings. The van der Waals surface area contributed by atoms with Crippen LogP contribution in [0.25, 0.3) is 0 Å². The highest BCUT2D eigenvalue weighted by molar-refractivity contribution is 7.99. The maximum Gasteiger partial charge on any atom is 0.258 e. The molecule has 2 rings (SSSR count). The van der Waals surface area contributed by atoms with Gasteiger partial charge in [0.05, 0.1) is 18.8 Å². The summed E-state index contributed by atoms with van der Waals surface area (Å²) in [6.07, 6.45) is 7.55. The number of unbranched alkanes of at least 4 members (excludes halogenated alkanes) is 5. The van der Waals surface area contributed by atoms with Gasteiger partial charge in [-0.25, -0.2) is 0 Å². The summed E-state index contributed by atoms with van der Waals surface area (Å²) in [6, 6.07) is 0. The lowest BCUT2D eigenvalue weighted by Gasteiger charge is -2.26. The average molecular weight is 406 g/mol. The standard InChI is InChI=1S/C18H31N3O3S.ClH/c1-2-3-4-5-6-7-8-15-16(22)19-18(20-17(15)23)25-14-11-21-9-12-24-13-10-21;/h2-14H2,1H3,(H2,19,20,22,23);1H. The Labute approximate surface area is 166 Å². The summed E-state index contributed by atoms with van der Waals surface area (Å²) in [5.41, 5.74) is 0.225. The predicted molar refractivity (Wildman–Crippen MR) is 109 cm³/mol. The van der Waals surface area contributed by atoms with E-state index in [0.29, 0.717) is 17.1 Å². The third-order valence-corrected chi connectivity index (χ3v) is 5.36. The van der Waals surface area contributed by atoms with Crippen LogP contribution in [0, 0.1) is 0 Å². The fourth-order valence-electron chi connectivity index (χ4n) is 2.94. The van der Waals surface area contributed by atoms with Gasteiger partial charge in [-0.1, -0.05) is 50.8 Å². The summed E-state index contributed by atoms with van der Waals surface area (Å²) in [7, 11) is 0. The molecule has 1 saturated heterocycles. The number of aromatic nitrogens is 2. The lowest BCUT2D eigenvalue weighted by molar-refractivity contribution is 0.0410. The van der Waals surface area contributed by atoms with Gasteiger partial charge in [-0.15, -0.1) is 12.4 Å². The van der Waals surface area contributed by atoms with Crippen LogP contribution in [0.5, 0.6) is 5.88 Å². The Morgan fingerprint density at radius 3 is 2.58 bits per heavy atom. The van der Waals surface area contributed by atoms with E-state index in [9.17, 15) is 9.90 Å². The molecule has 0 aliphatic carbocycles. The van der Waals surface area contributed by atoms with Gasteiger partial charge >= 0.3 is 0 Å². The van der Waals surface area contributed by atoms with Crippen LogP contribution in [0.4, 0.5) is 0 Å². The summed E-state index contributed by atoms with van der Waals surface area (Å²) in [5.74, 6) is 0.727. The molecule has 150 valence electrons. The van der Waals surface area contributed by atoms with Crippen molar-refractivity contribution in [1.82, 2.24) is 14.9 Å². The van der Waals surface area contributed by atoms with Gasteiger partial charge in [-0.2, -0.15) is 4.98 Å². The molecule has 26 heavy (non-hydrogen) atoms. The van der Waals surface area contributed by atoms with E-state index in [-0.39, 0.29) is 23.8 Å². The fourth-order valence-corrected chi connectivity index (χ4v) is 3.80. The molecular formula is C18H32ClN3O3S. The zero-order valence-electron chi connectivity index (χ0n) is 15.7. The lowest BCUT2D eigenvalue weighted by atomic mass is 10.1. The van der Waals surface area contributed by atoms with Crippen molar-refractivity contribution in [3.63, 3.8) is 0 Å². The molecule has 0 radical (unpaired) electrons. The molecule has 0 aromatic carbocycles. The van der Waals surface area contributed by atoms with Crippen molar-refractivity contribution in [2.75, 3.05) is 38.6 Å². The summed E-state index contributed by atoms with van der Waals surface area (Å²) in [4.78, 5) is 21.5. The maximum absolute atomic E-state index is 12.2. The number of hydrogen-bond acceptors (Lipinski definition) is 6. The number of thioether (sulfide) groups is 1. The maximum atomic E-state index is 12.2. The highest BCUT2D eigenvalue weighted by atomic mass is 35.5. The normalized spacial score (nSPS) is 15.0. The Morgan fingerprint density at radius 1 is 1.19 bits per heavy atom. The van der Waals surface area contributed by atoms with Crippen LogP contribution in [-0.2, 0) is 11.2 Å². The monoisotopic (exact) mass is 405 g/mol. The topological polar surface area (TPSA) is 78.5 Å². The van der Waals surface area contributed by atoms with Gasteiger partial charge in [0, 0.05) is 25.4 Å². The van der Waals surface area contributed by atoms with Crippen molar-refractivity contribution in [2.45, 2.75) is 57.0 Å². The average Bonchev–Trinajstić information content (AvgIpc) is 2.61. The summed E-state index contributed by atoms with van der Waals surface area (Å²) in [6.45, 7) is 6.60. The second-order valence-electron chi connectivity index (χ2n) is 6.49. The van der Waals surface area contributed by atoms with Crippen LogP contribution in [0.3, 0.4) is 0 Å². The first-order valence-corrected chi connectivity index (χ1v) is 10.4. The second-order valence-corrected chi connectivity index (χ2v) is 7.58. The largest absolute Gasteiger partial charge is 0.493 e. The molecule has 0 saturated carbocycles. The Hall–Kier alpha value is -0.760. The molecular weight excluding hydrogens is 374 g/mol. The highest BCUT2D eigenvalue weighted by Crippen LogP contribution is 2.18. The van der Waals surface area contributed by atoms with Gasteiger partial charge in [-0.3, -0.25) is 9.69 Å². The number of ether oxygens (including phenoxy) is 1. The summed E-state index contributed by atoms with van der Waals surface area (Å²) >= 11 is 1.48. The van der Waals surface area contributed by atoms with Gasteiger partial charge in [-0.05, 0) is 12.8 Å². The molecule has 2 N–H and O–H groups in total. The number of aromatic hydroxyl groups is 1. The van der Waals surface area contributed by atoms with Crippen LogP contribution in [0.15, 0.2) is 9.95 Å². The van der Waals surface area contributed by atoms with Gasteiger partial charge in [0.25, 0.3) is 5.56 Å². The van der Waals surface area contributed by atoms with E-state index in [2.05, 4.69) is 21.8 Å². The van der Waals surface area contributed by atoms with E-state index in [4.69, 9.17) is 4.74 Å². The first kappa shape index (κ1) is 23.3. The van der Waals surface area contributed by atoms with Crippen LogP contribution in [0.2, 0.25) is 0 Å². The molecule has 8 heteroatoms. The Balaban J connectivity index is 0.00000338. The van der Waals surface area contributed by atoms with Gasteiger partial charge in [0.1, 0.15) is 0 Å². The molecule has 0 unspecified atom stereocenters. The van der Waals surface area contributed by atoms with Crippen molar-refractivity contribution in [3.8, 4) is 5.88 Å². The van der Waals surface area contributed by atoms with E-state index in [1.807, 2.05) is 0 Å². The number of hydrogen-bond donors (Lipinski definition) is 2. The summed E-state index contributed by atoms with van der Waals surface area (Å²) < 4.78 is 5.33. The number of nitrogens with one attached hydrogen (secondary N) is 1. The molecule has 2 heterocycles. The van der Waals surface area contributed by atoms with Crippen molar-refractivity contribution < 1.29 is 9.84 Å². The van der Waals surface area contributed by atoms with Crippen molar-refractivity contribution in [2.24, 2.45) is 0 Å². The molecule has 1 aromatic rings. The second kappa shape index (κ2) is 13.4. The number of H-pyrrole nitrogens is 1. The molecule has 6 nitrogen and oxygen atoms in total. The SMILES string of the molecule is CCCCCCCCc1c(O)nc(SCCN2CCOCC2)[nH]c1=O.Cl. The molecule has 0 spiro atoms. The highest BCUT2D eigenvalue weighted by Gasteiger charge is 2.13. The minimum absolute atomic E-state index is 0. The first-order chi connectivity index (χ1) is 12.2. The molecule has 0 amide bonds. The van der Waals surface area contributed by atoms with E-state index in [1.165, 1.54) is 37.4 Å². The van der Waals surface area contributed by atoms with Crippen molar-refractivity contribution in [3.05, 3.63) is 15.9 Å². The van der Waals surface area contributed by atoms with Crippen LogP contribution in [-0.4, -0.2) is 58.6 Å². The van der Waals surface area contributed by atoms with Crippen LogP contribution in [0.1, 0.15) is 51.0 Å². The zero-order chi connectivity index (χ0) is 17.9. The number of aromatic amines is 1. The van der Waals surface area contributed by atoms with E-state index in [1.54, 1.807) is 0 Å². The van der Waals surface area contributed by atoms with Crippen LogP contribution < -0.4 is 5.56 Å². The minimum Gasteiger partial charge on any atom is -0.493 e. The Kier molecular flexibility index (Phi) is 12.0. The van der Waals surface area contributed by atoms with Gasteiger partial charge in [0.15, 0.2) is 5.16 Å². The number of nitrogens with zero attached hydrogens (tertiary/aromatic N) is 2. The van der Waals surface area contributed by atoms with E-state index >= 15 is 0 Å². The van der Waals surface area contributed by atoms with Crippen molar-refractivity contribution in [1.29, 1.82) is 0 Å². The number of rotatable bonds is 11. The third-order valence-electron chi connectivity index (χ3n) is 4.50. The quantitative estimate of drug-likeness (QED) is 0.334. The number of morpholine rings is 1. The lowest BCUT2D eigenvalue weighted by Crippen LogP contribution is -2.37. The van der Waals surface area contributed by atoms with Gasteiger partial charge in [0.2, 0.25) is 5.88 Å². The van der Waals surface area contributed by atoms with Crippen molar-refractivity contribution >= 4 is 24.2 Å². The Morgan fingerprint density at radius 2 is 1.88 bits per heavy atom. The Bertz CT molecular complexity index is 565. The fraction of sp³-hybridized carbons (Fsp3) is 0.778. The van der Waals surface area contributed by atoms with Crippen LogP contribution >= 0.6 is 24.2 Å². The predicted octanol–water partition coefficient (Wildman–Crippen LogP) is 3.22. The molecule has 0 atom stereocenters. The molecule has 1 aliphatic rings. The molecule has 1 aliphatic heterocycles. The third kappa shape index (κ3) is 8.29. The van der Waals surface area contributed by atoms with E-state index < -0.39 is 0 Å². The molecule has 0 bridgehead atoms. The van der Waals surface area contributed by atoms with E-state index in [0.717, 1.165) is 51.4 Å². The smallest absolute Gasteiger partial charge is 0.258 e. The summed E-state index contributed by atoms with van der Waals surface area (Å²) in [5, 5.41) is 10.6. The molecule has 1 aromatic heterocycles. The van der Waals surface area contributed by atoms with Gasteiger partial charge < -0.3 is 14.8 Å².